The number of anilines is 1. The van der Waals surface area contributed by atoms with Gasteiger partial charge >= 0.3 is 0 Å². The van der Waals surface area contributed by atoms with Crippen molar-refractivity contribution in [2.24, 2.45) is 5.16 Å². The topological polar surface area (TPSA) is 147 Å². The quantitative estimate of drug-likeness (QED) is 0.320. The average Bonchev–Trinajstić information content (AvgIpc) is 3.22. The molecule has 2 aromatic heterocycles. The Morgan fingerprint density at radius 3 is 2.52 bits per heavy atom. The zero-order valence-electron chi connectivity index (χ0n) is 17.9. The molecule has 0 aliphatic carbocycles. The van der Waals surface area contributed by atoms with E-state index in [0.29, 0.717) is 16.5 Å². The maximum atomic E-state index is 12.9. The Bertz CT molecular complexity index is 1210. The number of aliphatic hydroxyl groups is 1. The van der Waals surface area contributed by atoms with E-state index in [2.05, 4.69) is 25.4 Å². The number of oxime groups is 1. The van der Waals surface area contributed by atoms with E-state index in [1.54, 1.807) is 24.7 Å². The first-order chi connectivity index (χ1) is 15.8. The lowest BCUT2D eigenvalue weighted by molar-refractivity contribution is -0.110. The third-order valence-electron chi connectivity index (χ3n) is 4.28. The van der Waals surface area contributed by atoms with Crippen LogP contribution in [-0.4, -0.2) is 64.6 Å². The van der Waals surface area contributed by atoms with Gasteiger partial charge in [-0.1, -0.05) is 17.3 Å². The molecular weight excluding hydrogens is 468 g/mol. The molecule has 0 aliphatic heterocycles. The molecule has 0 aliphatic rings. The molecule has 0 radical (unpaired) electrons. The summed E-state index contributed by atoms with van der Waals surface area (Å²) in [6.45, 7) is 1.45. The third-order valence-corrected chi connectivity index (χ3v) is 6.98. The molecule has 1 amide bonds. The summed E-state index contributed by atoms with van der Waals surface area (Å²) in [5.41, 5.74) is 0.255. The Kier molecular flexibility index (Phi) is 8.16. The largest absolute Gasteiger partial charge is 0.395 e. The summed E-state index contributed by atoms with van der Waals surface area (Å²) in [5, 5.41) is 16.0. The fourth-order valence-electron chi connectivity index (χ4n) is 2.58. The molecule has 2 heterocycles. The predicted molar refractivity (Wildman–Crippen MR) is 122 cm³/mol. The molecule has 1 aromatic carbocycles. The van der Waals surface area contributed by atoms with Crippen molar-refractivity contribution >= 4 is 38.1 Å². The number of nitrogens with zero attached hydrogens (tertiary/aromatic N) is 5. The molecule has 3 aromatic rings. The molecule has 2 N–H and O–H groups in total. The van der Waals surface area contributed by atoms with E-state index < -0.39 is 15.9 Å². The van der Waals surface area contributed by atoms with E-state index in [1.807, 2.05) is 6.92 Å². The number of amides is 1. The zero-order valence-corrected chi connectivity index (χ0v) is 19.5. The number of benzene rings is 1. The van der Waals surface area contributed by atoms with Crippen LogP contribution in [0.25, 0.3) is 0 Å². The zero-order chi connectivity index (χ0) is 23.8. The van der Waals surface area contributed by atoms with Gasteiger partial charge in [-0.2, -0.15) is 4.31 Å². The predicted octanol–water partition coefficient (Wildman–Crippen LogP) is 1.41. The van der Waals surface area contributed by atoms with Gasteiger partial charge < -0.3 is 9.94 Å². The number of rotatable bonds is 10. The van der Waals surface area contributed by atoms with E-state index in [0.717, 1.165) is 9.18 Å². The van der Waals surface area contributed by atoms with E-state index in [4.69, 9.17) is 9.94 Å². The first-order valence-electron chi connectivity index (χ1n) is 9.68. The maximum Gasteiger partial charge on any atom is 0.280 e. The number of aryl methyl sites for hydroxylation is 1. The van der Waals surface area contributed by atoms with Crippen molar-refractivity contribution in [2.75, 3.05) is 25.5 Å². The second-order valence-electron chi connectivity index (χ2n) is 6.68. The second-order valence-corrected chi connectivity index (χ2v) is 9.96. The highest BCUT2D eigenvalue weighted by Gasteiger charge is 2.22. The van der Waals surface area contributed by atoms with Crippen molar-refractivity contribution in [1.29, 1.82) is 0 Å². The van der Waals surface area contributed by atoms with Crippen LogP contribution < -0.4 is 5.32 Å². The molecule has 0 bridgehead atoms. The van der Waals surface area contributed by atoms with E-state index in [-0.39, 0.29) is 30.4 Å². The number of nitrogens with one attached hydrogen (secondary N) is 1. The van der Waals surface area contributed by atoms with Gasteiger partial charge in [-0.05, 0) is 25.1 Å². The summed E-state index contributed by atoms with van der Waals surface area (Å²) < 4.78 is 26.2. The SMILES string of the molecule is Cc1cnc(NC(=O)/C(=N/OCc2ncccn2)c2ccc(S(=O)(=O)N(C)CCO)cc2)s1. The van der Waals surface area contributed by atoms with Gasteiger partial charge in [-0.25, -0.2) is 23.4 Å². The van der Waals surface area contributed by atoms with Crippen molar-refractivity contribution in [3.8, 4) is 0 Å². The molecule has 3 rings (SSSR count). The van der Waals surface area contributed by atoms with Crippen LogP contribution in [0.3, 0.4) is 0 Å². The van der Waals surface area contributed by atoms with Crippen LogP contribution in [0.15, 0.2) is 59.0 Å². The summed E-state index contributed by atoms with van der Waals surface area (Å²) in [4.78, 5) is 31.3. The first kappa shape index (κ1) is 24.4. The lowest BCUT2D eigenvalue weighted by Crippen LogP contribution is -2.29. The lowest BCUT2D eigenvalue weighted by atomic mass is 10.1. The van der Waals surface area contributed by atoms with Crippen molar-refractivity contribution < 1.29 is 23.2 Å². The summed E-state index contributed by atoms with van der Waals surface area (Å²) in [6.07, 6.45) is 4.74. The summed E-state index contributed by atoms with van der Waals surface area (Å²) in [5.74, 6) is -0.198. The van der Waals surface area contributed by atoms with Gasteiger partial charge in [0.25, 0.3) is 5.91 Å². The molecule has 13 heteroatoms. The number of hydrogen-bond acceptors (Lipinski definition) is 10. The van der Waals surface area contributed by atoms with E-state index >= 15 is 0 Å². The minimum absolute atomic E-state index is 0.0103. The van der Waals surface area contributed by atoms with Crippen LogP contribution in [0.4, 0.5) is 5.13 Å². The van der Waals surface area contributed by atoms with Crippen LogP contribution in [0.2, 0.25) is 0 Å². The average molecular weight is 491 g/mol. The number of likely N-dealkylation sites (N-methyl/N-ethyl adjacent to an activating group) is 1. The van der Waals surface area contributed by atoms with Gasteiger partial charge in [0.15, 0.2) is 23.3 Å². The van der Waals surface area contributed by atoms with Crippen LogP contribution in [0.1, 0.15) is 16.3 Å². The number of carbonyl (C=O) groups excluding carboxylic acids is 1. The van der Waals surface area contributed by atoms with Crippen LogP contribution in [0, 0.1) is 6.92 Å². The summed E-state index contributed by atoms with van der Waals surface area (Å²) >= 11 is 1.30. The number of hydrogen-bond donors (Lipinski definition) is 2. The Morgan fingerprint density at radius 2 is 1.91 bits per heavy atom. The summed E-state index contributed by atoms with van der Waals surface area (Å²) in [6, 6.07) is 7.28. The standard InChI is InChI=1S/C20H22N6O5S2/c1-14-12-23-20(32-14)24-19(28)18(25-31-13-17-21-8-3-9-22-17)15-4-6-16(7-5-15)33(29,30)26(2)10-11-27/h3-9,12,27H,10-11,13H2,1-2H3,(H,23,24,28)/b25-18+. The minimum atomic E-state index is -3.79. The Hall–Kier alpha value is -3.26. The molecule has 0 saturated heterocycles. The first-order valence-corrected chi connectivity index (χ1v) is 11.9. The van der Waals surface area contributed by atoms with Gasteiger partial charge in [-0.3, -0.25) is 10.1 Å². The fraction of sp³-hybridized carbons (Fsp3) is 0.250. The number of aromatic nitrogens is 3. The molecule has 0 atom stereocenters. The van der Waals surface area contributed by atoms with Crippen molar-refractivity contribution in [2.45, 2.75) is 18.4 Å². The number of carbonyl (C=O) groups is 1. The highest BCUT2D eigenvalue weighted by Crippen LogP contribution is 2.19. The van der Waals surface area contributed by atoms with Gasteiger partial charge in [0, 0.05) is 42.6 Å². The fourth-order valence-corrected chi connectivity index (χ4v) is 4.40. The normalized spacial score (nSPS) is 12.1. The van der Waals surface area contributed by atoms with Gasteiger partial charge in [-0.15, -0.1) is 11.3 Å². The number of sulfonamides is 1. The monoisotopic (exact) mass is 490 g/mol. The molecule has 0 saturated carbocycles. The van der Waals surface area contributed by atoms with Crippen molar-refractivity contribution in [1.82, 2.24) is 19.3 Å². The molecule has 174 valence electrons. The molecule has 0 fully saturated rings. The number of aliphatic hydroxyl groups excluding tert-OH is 1. The Balaban J connectivity index is 1.86. The third kappa shape index (κ3) is 6.38. The maximum absolute atomic E-state index is 12.9. The molecule has 0 spiro atoms. The molecule has 0 unspecified atom stereocenters. The van der Waals surface area contributed by atoms with E-state index in [9.17, 15) is 13.2 Å². The van der Waals surface area contributed by atoms with Crippen LogP contribution in [0.5, 0.6) is 0 Å². The minimum Gasteiger partial charge on any atom is -0.395 e. The highest BCUT2D eigenvalue weighted by atomic mass is 32.2. The second kappa shape index (κ2) is 11.0. The Morgan fingerprint density at radius 1 is 1.21 bits per heavy atom. The van der Waals surface area contributed by atoms with Gasteiger partial charge in [0.05, 0.1) is 11.5 Å². The molecule has 11 nitrogen and oxygen atoms in total. The van der Waals surface area contributed by atoms with Gasteiger partial charge in [0.2, 0.25) is 10.0 Å². The van der Waals surface area contributed by atoms with E-state index in [1.165, 1.54) is 42.6 Å². The summed E-state index contributed by atoms with van der Waals surface area (Å²) in [7, 11) is -2.42. The van der Waals surface area contributed by atoms with Crippen LogP contribution >= 0.6 is 11.3 Å². The molecular formula is C20H22N6O5S2. The lowest BCUT2D eigenvalue weighted by Gasteiger charge is -2.16. The van der Waals surface area contributed by atoms with Crippen molar-refractivity contribution in [3.05, 3.63) is 65.2 Å². The molecule has 33 heavy (non-hydrogen) atoms. The van der Waals surface area contributed by atoms with Crippen LogP contribution in [-0.2, 0) is 26.3 Å². The Labute approximate surface area is 194 Å². The smallest absolute Gasteiger partial charge is 0.280 e. The van der Waals surface area contributed by atoms with Gasteiger partial charge in [0.1, 0.15) is 0 Å². The number of thiazole rings is 1. The van der Waals surface area contributed by atoms with Crippen molar-refractivity contribution in [3.63, 3.8) is 0 Å². The highest BCUT2D eigenvalue weighted by molar-refractivity contribution is 7.89.